The van der Waals surface area contributed by atoms with Crippen molar-refractivity contribution < 1.29 is 89.4 Å². The van der Waals surface area contributed by atoms with Gasteiger partial charge in [-0.2, -0.15) is 0 Å². The van der Waals surface area contributed by atoms with Crippen molar-refractivity contribution in [3.05, 3.63) is 48.6 Å². The minimum absolute atomic E-state index is 0.240. The second kappa shape index (κ2) is 54.7. The number of aliphatic hydroxyl groups excluding tert-OH is 11. The molecule has 3 saturated heterocycles. The Morgan fingerprint density at radius 3 is 1.17 bits per heavy atom. The topological polar surface area (TPSA) is 307 Å². The van der Waals surface area contributed by atoms with Gasteiger partial charge in [-0.25, -0.2) is 0 Å². The van der Waals surface area contributed by atoms with Crippen LogP contribution in [0.25, 0.3) is 0 Å². The monoisotopic (exact) mass is 1310 g/mol. The predicted molar refractivity (Wildman–Crippen MR) is 360 cm³/mol. The van der Waals surface area contributed by atoms with Crippen molar-refractivity contribution in [2.75, 3.05) is 26.4 Å². The largest absolute Gasteiger partial charge is 0.394 e. The number of carbonyl (C=O) groups excluding carboxylic acids is 1. The molecule has 0 aliphatic carbocycles. The number of allylic oxidation sites excluding steroid dienone is 8. The van der Waals surface area contributed by atoms with Crippen molar-refractivity contribution in [3.8, 4) is 0 Å². The van der Waals surface area contributed by atoms with Gasteiger partial charge in [0.25, 0.3) is 0 Å². The molecule has 0 radical (unpaired) electrons. The van der Waals surface area contributed by atoms with E-state index in [1.165, 1.54) is 173 Å². The van der Waals surface area contributed by atoms with Crippen LogP contribution >= 0.6 is 0 Å². The zero-order valence-corrected chi connectivity index (χ0v) is 57.0. The Hall–Kier alpha value is -2.25. The minimum Gasteiger partial charge on any atom is -0.394 e. The molecule has 0 saturated carbocycles. The molecule has 1 amide bonds. The lowest BCUT2D eigenvalue weighted by molar-refractivity contribution is -0.379. The maximum absolute atomic E-state index is 13.4. The highest BCUT2D eigenvalue weighted by Gasteiger charge is 2.53. The molecule has 17 unspecified atom stereocenters. The van der Waals surface area contributed by atoms with Crippen molar-refractivity contribution in [1.82, 2.24) is 5.32 Å². The van der Waals surface area contributed by atoms with Gasteiger partial charge in [-0.3, -0.25) is 4.79 Å². The van der Waals surface area contributed by atoms with Crippen LogP contribution in [0.2, 0.25) is 0 Å². The van der Waals surface area contributed by atoms with Gasteiger partial charge in [0.05, 0.1) is 38.6 Å². The molecule has 3 fully saturated rings. The van der Waals surface area contributed by atoms with Gasteiger partial charge in [0.1, 0.15) is 73.2 Å². The van der Waals surface area contributed by atoms with Gasteiger partial charge < -0.3 is 89.9 Å². The SMILES string of the molecule is CC/C=C\C/C=C\C/C=C\C/C=C\CCCCCCCCCCCCCCCCCCCCCCCCC(=O)NC(COC1OC(CO)C(OC2OC(CO)C(OC3OC(CO)C(O)C(O)C3O)C(O)C2O)C(O)C1O)C(O)CCCCCCCCCCCCCC. The van der Waals surface area contributed by atoms with Crippen LogP contribution in [0, 0.1) is 0 Å². The maximum Gasteiger partial charge on any atom is 0.220 e. The number of carbonyl (C=O) groups is 1. The summed E-state index contributed by atoms with van der Waals surface area (Å²) in [5, 5.41) is 121. The van der Waals surface area contributed by atoms with E-state index in [1.807, 2.05) is 0 Å². The molecule has 3 rings (SSSR count). The van der Waals surface area contributed by atoms with Crippen LogP contribution in [-0.2, 0) is 33.2 Å². The van der Waals surface area contributed by atoms with E-state index in [4.69, 9.17) is 28.4 Å². The van der Waals surface area contributed by atoms with Crippen LogP contribution in [0.4, 0.5) is 0 Å². The molecule has 92 heavy (non-hydrogen) atoms. The quantitative estimate of drug-likeness (QED) is 0.0199. The minimum atomic E-state index is -1.97. The molecule has 0 aromatic rings. The molecule has 12 N–H and O–H groups in total. The Morgan fingerprint density at radius 2 is 0.750 bits per heavy atom. The van der Waals surface area contributed by atoms with E-state index in [0.717, 1.165) is 70.6 Å². The molecule has 0 aromatic carbocycles. The summed E-state index contributed by atoms with van der Waals surface area (Å²) in [4.78, 5) is 13.4. The molecule has 0 aromatic heterocycles. The van der Waals surface area contributed by atoms with Crippen LogP contribution in [0.15, 0.2) is 48.6 Å². The molecule has 17 atom stereocenters. The predicted octanol–water partition coefficient (Wildman–Crippen LogP) is 10.6. The van der Waals surface area contributed by atoms with Crippen molar-refractivity contribution in [2.45, 2.75) is 381 Å². The summed E-state index contributed by atoms with van der Waals surface area (Å²) < 4.78 is 34.4. The molecule has 3 aliphatic heterocycles. The van der Waals surface area contributed by atoms with E-state index in [2.05, 4.69) is 67.8 Å². The third-order valence-electron chi connectivity index (χ3n) is 18.4. The molecule has 0 spiro atoms. The van der Waals surface area contributed by atoms with E-state index in [9.17, 15) is 61.0 Å². The van der Waals surface area contributed by atoms with E-state index in [1.54, 1.807) is 0 Å². The average Bonchev–Trinajstić information content (AvgIpc) is 0.830. The smallest absolute Gasteiger partial charge is 0.220 e. The highest BCUT2D eigenvalue weighted by Crippen LogP contribution is 2.33. The van der Waals surface area contributed by atoms with Gasteiger partial charge in [0.2, 0.25) is 5.91 Å². The Kier molecular flexibility index (Phi) is 50.0. The lowest BCUT2D eigenvalue weighted by atomic mass is 9.96. The van der Waals surface area contributed by atoms with Crippen LogP contribution < -0.4 is 5.32 Å². The Morgan fingerprint density at radius 1 is 0.402 bits per heavy atom. The molecular formula is C73H133NO18. The lowest BCUT2D eigenvalue weighted by Gasteiger charge is -2.48. The van der Waals surface area contributed by atoms with Gasteiger partial charge >= 0.3 is 0 Å². The summed E-state index contributed by atoms with van der Waals surface area (Å²) in [5.74, 6) is -0.240. The number of hydrogen-bond donors (Lipinski definition) is 12. The first-order valence-corrected chi connectivity index (χ1v) is 36.9. The van der Waals surface area contributed by atoms with Crippen molar-refractivity contribution in [2.24, 2.45) is 0 Å². The van der Waals surface area contributed by atoms with E-state index < -0.39 is 124 Å². The molecule has 3 aliphatic rings. The Bertz CT molecular complexity index is 1860. The molecule has 3 heterocycles. The molecule has 19 heteroatoms. The zero-order valence-electron chi connectivity index (χ0n) is 57.0. The number of aliphatic hydroxyl groups is 11. The number of unbranched alkanes of at least 4 members (excludes halogenated alkanes) is 33. The lowest BCUT2D eigenvalue weighted by Crippen LogP contribution is -2.66. The van der Waals surface area contributed by atoms with Gasteiger partial charge in [-0.15, -0.1) is 0 Å². The van der Waals surface area contributed by atoms with Crippen LogP contribution in [0.5, 0.6) is 0 Å². The van der Waals surface area contributed by atoms with Crippen molar-refractivity contribution in [1.29, 1.82) is 0 Å². The summed E-state index contributed by atoms with van der Waals surface area (Å²) in [7, 11) is 0. The number of hydrogen-bond acceptors (Lipinski definition) is 18. The second-order valence-corrected chi connectivity index (χ2v) is 26.4. The molecule has 0 bridgehead atoms. The maximum atomic E-state index is 13.4. The van der Waals surface area contributed by atoms with Crippen molar-refractivity contribution in [3.63, 3.8) is 0 Å². The second-order valence-electron chi connectivity index (χ2n) is 26.4. The standard InChI is InChI=1S/C73H133NO18/c1-3-5-7-9-11-13-15-17-18-19-20-21-22-23-24-25-26-27-28-29-30-31-32-33-34-35-36-37-38-39-41-43-45-47-49-51-61(79)74-56(57(78)50-48-46-44-42-40-16-14-12-10-8-6-4-2)55-87-71-67(85)64(82)69(59(53-76)89-71)92-73-68(86)65(83)70(60(54-77)90-73)91-72-66(84)63(81)62(80)58(52-75)88-72/h5,7,11,13,17-18,20-21,56-60,62-73,75-78,80-86H,3-4,6,8-10,12,14-16,19,22-55H2,1-2H3,(H,74,79)/b7-5-,13-11-,18-17-,21-20-. The van der Waals surface area contributed by atoms with Gasteiger partial charge in [0, 0.05) is 6.42 Å². The number of amides is 1. The molecule has 538 valence electrons. The summed E-state index contributed by atoms with van der Waals surface area (Å²) >= 11 is 0. The van der Waals surface area contributed by atoms with Crippen LogP contribution in [0.3, 0.4) is 0 Å². The number of ether oxygens (including phenoxy) is 6. The number of rotatable bonds is 57. The summed E-state index contributed by atoms with van der Waals surface area (Å²) in [6.45, 7) is 1.69. The van der Waals surface area contributed by atoms with Crippen molar-refractivity contribution >= 4 is 5.91 Å². The highest BCUT2D eigenvalue weighted by atomic mass is 16.8. The van der Waals surface area contributed by atoms with E-state index in [0.29, 0.717) is 12.8 Å². The van der Waals surface area contributed by atoms with Crippen LogP contribution in [-0.4, -0.2) is 193 Å². The fourth-order valence-corrected chi connectivity index (χ4v) is 12.5. The summed E-state index contributed by atoms with van der Waals surface area (Å²) in [6.07, 6.45) is 39.4. The normalized spacial score (nSPS) is 27.9. The summed E-state index contributed by atoms with van der Waals surface area (Å²) in [5.41, 5.74) is 0. The fraction of sp³-hybridized carbons (Fsp3) is 0.877. The first-order valence-electron chi connectivity index (χ1n) is 36.9. The van der Waals surface area contributed by atoms with Gasteiger partial charge in [-0.05, 0) is 51.4 Å². The van der Waals surface area contributed by atoms with Gasteiger partial charge in [0.15, 0.2) is 18.9 Å². The Balaban J connectivity index is 1.31. The zero-order chi connectivity index (χ0) is 66.8. The first kappa shape index (κ1) is 84.0. The summed E-state index contributed by atoms with van der Waals surface area (Å²) in [6, 6.07) is -0.885. The average molecular weight is 1310 g/mol. The number of nitrogens with one attached hydrogen (secondary N) is 1. The van der Waals surface area contributed by atoms with Gasteiger partial charge in [-0.1, -0.05) is 268 Å². The first-order chi connectivity index (χ1) is 44.8. The third-order valence-corrected chi connectivity index (χ3v) is 18.4. The fourth-order valence-electron chi connectivity index (χ4n) is 12.5. The third kappa shape index (κ3) is 35.8. The van der Waals surface area contributed by atoms with E-state index >= 15 is 0 Å². The molecular weight excluding hydrogens is 1180 g/mol. The highest BCUT2D eigenvalue weighted by molar-refractivity contribution is 5.76. The van der Waals surface area contributed by atoms with Crippen LogP contribution in [0.1, 0.15) is 277 Å². The molecule has 19 nitrogen and oxygen atoms in total. The van der Waals surface area contributed by atoms with E-state index in [-0.39, 0.29) is 18.9 Å². The Labute approximate surface area is 554 Å².